The van der Waals surface area contributed by atoms with Crippen molar-refractivity contribution in [2.45, 2.75) is 25.5 Å². The smallest absolute Gasteiger partial charge is 0.307 e. The standard InChI is InChI=1S/C24H26FN2O5P/c1-3-31-33(30,32-4-2)24(18-8-6-5-7-9-18)21-20(16-26-24)22(28)27(23(21)29)15-14-17-10-12-19(25)13-11-17/h5-13,16,20-21H,3-4,14-15H2,1-2H3/t20-,21+,24+/m1/s1. The van der Waals surface area contributed by atoms with Gasteiger partial charge in [-0.15, -0.1) is 0 Å². The van der Waals surface area contributed by atoms with Gasteiger partial charge in [-0.25, -0.2) is 4.39 Å². The number of aliphatic imine (C=N–C) groups is 1. The minimum absolute atomic E-state index is 0.0924. The molecule has 0 spiro atoms. The lowest BCUT2D eigenvalue weighted by atomic mass is 9.87. The highest BCUT2D eigenvalue weighted by Crippen LogP contribution is 2.72. The van der Waals surface area contributed by atoms with Crippen LogP contribution in [0, 0.1) is 17.7 Å². The molecule has 2 aliphatic heterocycles. The molecule has 0 saturated carbocycles. The molecule has 0 aliphatic carbocycles. The van der Waals surface area contributed by atoms with E-state index in [2.05, 4.69) is 4.99 Å². The fourth-order valence-corrected chi connectivity index (χ4v) is 7.06. The van der Waals surface area contributed by atoms with Gasteiger partial charge in [0, 0.05) is 12.8 Å². The third kappa shape index (κ3) is 3.86. The average molecular weight is 472 g/mol. The molecule has 0 bridgehead atoms. The molecule has 3 atom stereocenters. The van der Waals surface area contributed by atoms with Gasteiger partial charge in [-0.2, -0.15) is 0 Å². The average Bonchev–Trinajstić information content (AvgIpc) is 3.33. The molecular weight excluding hydrogens is 446 g/mol. The number of halogens is 1. The quantitative estimate of drug-likeness (QED) is 0.404. The zero-order valence-electron chi connectivity index (χ0n) is 18.5. The Labute approximate surface area is 192 Å². The molecule has 2 aliphatic rings. The Morgan fingerprint density at radius 3 is 2.24 bits per heavy atom. The van der Waals surface area contributed by atoms with Crippen molar-refractivity contribution >= 4 is 25.6 Å². The van der Waals surface area contributed by atoms with Gasteiger partial charge in [-0.05, 0) is 43.5 Å². The lowest BCUT2D eigenvalue weighted by Crippen LogP contribution is -2.40. The van der Waals surface area contributed by atoms with Crippen LogP contribution in [0.15, 0.2) is 59.6 Å². The van der Waals surface area contributed by atoms with Crippen LogP contribution < -0.4 is 0 Å². The Morgan fingerprint density at radius 2 is 1.64 bits per heavy atom. The van der Waals surface area contributed by atoms with Crippen LogP contribution >= 0.6 is 7.60 Å². The number of amides is 2. The summed E-state index contributed by atoms with van der Waals surface area (Å²) >= 11 is 0. The maximum absolute atomic E-state index is 14.2. The van der Waals surface area contributed by atoms with Gasteiger partial charge in [0.2, 0.25) is 11.8 Å². The van der Waals surface area contributed by atoms with Crippen LogP contribution in [0.2, 0.25) is 0 Å². The summed E-state index contributed by atoms with van der Waals surface area (Å²) in [5, 5.41) is -1.65. The monoisotopic (exact) mass is 472 g/mol. The Balaban J connectivity index is 1.73. The Morgan fingerprint density at radius 1 is 1.00 bits per heavy atom. The summed E-state index contributed by atoms with van der Waals surface area (Å²) in [7, 11) is -4.00. The molecule has 33 heavy (non-hydrogen) atoms. The Bertz CT molecular complexity index is 1100. The van der Waals surface area contributed by atoms with Crippen LogP contribution in [0.4, 0.5) is 4.39 Å². The molecule has 174 valence electrons. The Kier molecular flexibility index (Phi) is 6.61. The summed E-state index contributed by atoms with van der Waals surface area (Å²) in [6, 6.07) is 14.7. The highest BCUT2D eigenvalue weighted by Gasteiger charge is 2.69. The minimum atomic E-state index is -4.00. The highest BCUT2D eigenvalue weighted by atomic mass is 31.2. The predicted molar refractivity (Wildman–Crippen MR) is 121 cm³/mol. The van der Waals surface area contributed by atoms with Crippen LogP contribution in [-0.2, 0) is 34.9 Å². The molecule has 1 fully saturated rings. The SMILES string of the molecule is CCOP(=O)(OCC)[C@]1(c2ccccc2)N=C[C@H]2C(=O)N(CCc3ccc(F)cc3)C(=O)[C@H]21. The van der Waals surface area contributed by atoms with Gasteiger partial charge in [-0.1, -0.05) is 42.5 Å². The number of benzene rings is 2. The lowest BCUT2D eigenvalue weighted by molar-refractivity contribution is -0.140. The van der Waals surface area contributed by atoms with Crippen molar-refractivity contribution in [3.8, 4) is 0 Å². The lowest BCUT2D eigenvalue weighted by Gasteiger charge is -2.37. The number of hydrogen-bond donors (Lipinski definition) is 0. The van der Waals surface area contributed by atoms with E-state index in [9.17, 15) is 18.5 Å². The van der Waals surface area contributed by atoms with Gasteiger partial charge in [0.1, 0.15) is 5.82 Å². The van der Waals surface area contributed by atoms with Crippen molar-refractivity contribution in [2.24, 2.45) is 16.8 Å². The number of carbonyl (C=O) groups excluding carboxylic acids is 2. The summed E-state index contributed by atoms with van der Waals surface area (Å²) in [4.78, 5) is 32.6. The second-order valence-corrected chi connectivity index (χ2v) is 10.1. The van der Waals surface area contributed by atoms with E-state index in [4.69, 9.17) is 9.05 Å². The van der Waals surface area contributed by atoms with Crippen LogP contribution in [0.3, 0.4) is 0 Å². The fraction of sp³-hybridized carbons (Fsp3) is 0.375. The van der Waals surface area contributed by atoms with Crippen molar-refractivity contribution in [1.82, 2.24) is 4.90 Å². The maximum Gasteiger partial charge on any atom is 0.363 e. The first-order valence-electron chi connectivity index (χ1n) is 11.0. The first-order valence-corrected chi connectivity index (χ1v) is 12.5. The molecule has 9 heteroatoms. The van der Waals surface area contributed by atoms with Crippen molar-refractivity contribution in [1.29, 1.82) is 0 Å². The molecule has 2 amide bonds. The largest absolute Gasteiger partial charge is 0.363 e. The number of carbonyl (C=O) groups is 2. The van der Waals surface area contributed by atoms with Crippen LogP contribution in [0.5, 0.6) is 0 Å². The van der Waals surface area contributed by atoms with Gasteiger partial charge in [0.15, 0.2) is 5.28 Å². The van der Waals surface area contributed by atoms with Crippen molar-refractivity contribution < 1.29 is 27.6 Å². The predicted octanol–water partition coefficient (Wildman–Crippen LogP) is 4.17. The zero-order chi connectivity index (χ0) is 23.6. The van der Waals surface area contributed by atoms with Crippen LogP contribution in [0.25, 0.3) is 0 Å². The highest BCUT2D eigenvalue weighted by molar-refractivity contribution is 7.55. The molecule has 2 heterocycles. The van der Waals surface area contributed by atoms with Crippen molar-refractivity contribution in [3.63, 3.8) is 0 Å². The first-order chi connectivity index (χ1) is 15.9. The molecule has 4 rings (SSSR count). The van der Waals surface area contributed by atoms with E-state index in [-0.39, 0.29) is 25.6 Å². The van der Waals surface area contributed by atoms with E-state index < -0.39 is 36.5 Å². The van der Waals surface area contributed by atoms with Crippen molar-refractivity contribution in [3.05, 3.63) is 71.5 Å². The maximum atomic E-state index is 14.2. The van der Waals surface area contributed by atoms with Gasteiger partial charge < -0.3 is 9.05 Å². The molecule has 0 N–H and O–H groups in total. The van der Waals surface area contributed by atoms with Gasteiger partial charge >= 0.3 is 7.60 Å². The molecule has 7 nitrogen and oxygen atoms in total. The van der Waals surface area contributed by atoms with E-state index in [0.29, 0.717) is 12.0 Å². The minimum Gasteiger partial charge on any atom is -0.307 e. The summed E-state index contributed by atoms with van der Waals surface area (Å²) < 4.78 is 38.7. The molecule has 0 aromatic heterocycles. The topological polar surface area (TPSA) is 85.3 Å². The number of fused-ring (bicyclic) bond motifs is 1. The summed E-state index contributed by atoms with van der Waals surface area (Å²) in [6.07, 6.45) is 1.79. The van der Waals surface area contributed by atoms with E-state index in [1.54, 1.807) is 56.3 Å². The summed E-state index contributed by atoms with van der Waals surface area (Å²) in [5.74, 6) is -3.11. The summed E-state index contributed by atoms with van der Waals surface area (Å²) in [5.41, 5.74) is 1.30. The number of likely N-dealkylation sites (tertiary alicyclic amines) is 1. The fourth-order valence-electron chi connectivity index (χ4n) is 4.62. The molecule has 2 aromatic rings. The molecule has 1 saturated heterocycles. The Hall–Kier alpha value is -2.67. The van der Waals surface area contributed by atoms with E-state index in [1.165, 1.54) is 23.2 Å². The van der Waals surface area contributed by atoms with Gasteiger partial charge in [-0.3, -0.25) is 24.0 Å². The zero-order valence-corrected chi connectivity index (χ0v) is 19.4. The molecule has 0 radical (unpaired) electrons. The number of imide groups is 1. The molecule has 0 unspecified atom stereocenters. The van der Waals surface area contributed by atoms with Gasteiger partial charge in [0.25, 0.3) is 0 Å². The van der Waals surface area contributed by atoms with E-state index >= 15 is 0 Å². The van der Waals surface area contributed by atoms with E-state index in [0.717, 1.165) is 5.56 Å². The van der Waals surface area contributed by atoms with Crippen LogP contribution in [0.1, 0.15) is 25.0 Å². The number of rotatable bonds is 9. The second-order valence-electron chi connectivity index (χ2n) is 7.91. The second kappa shape index (κ2) is 9.29. The molecule has 2 aromatic carbocycles. The number of hydrogen-bond acceptors (Lipinski definition) is 6. The van der Waals surface area contributed by atoms with E-state index in [1.807, 2.05) is 0 Å². The van der Waals surface area contributed by atoms with Crippen molar-refractivity contribution in [2.75, 3.05) is 19.8 Å². The van der Waals surface area contributed by atoms with Crippen LogP contribution in [-0.4, -0.2) is 42.7 Å². The first kappa shape index (κ1) is 23.5. The van der Waals surface area contributed by atoms with Gasteiger partial charge in [0.05, 0.1) is 25.0 Å². The molecular formula is C24H26FN2O5P. The normalized spacial score (nSPS) is 24.5. The third-order valence-corrected chi connectivity index (χ3v) is 8.74. The summed E-state index contributed by atoms with van der Waals surface area (Å²) in [6.45, 7) is 3.70. The number of nitrogens with zero attached hydrogens (tertiary/aromatic N) is 2. The third-order valence-electron chi connectivity index (χ3n) is 6.06.